The van der Waals surface area contributed by atoms with Crippen molar-refractivity contribution in [3.05, 3.63) is 16.1 Å². The maximum atomic E-state index is 9.14. The molecule has 2 rings (SSSR count). The van der Waals surface area contributed by atoms with Gasteiger partial charge in [0.1, 0.15) is 0 Å². The van der Waals surface area contributed by atoms with Gasteiger partial charge in [-0.25, -0.2) is 4.98 Å². The zero-order valence-corrected chi connectivity index (χ0v) is 11.2. The maximum Gasteiger partial charge on any atom is 0.0933 e. The maximum absolute atomic E-state index is 9.14. The molecule has 1 saturated heterocycles. The van der Waals surface area contributed by atoms with Crippen LogP contribution in [0.25, 0.3) is 0 Å². The van der Waals surface area contributed by atoms with Crippen molar-refractivity contribution in [3.63, 3.8) is 0 Å². The molecule has 0 aliphatic carbocycles. The van der Waals surface area contributed by atoms with Crippen LogP contribution in [-0.4, -0.2) is 46.9 Å². The number of aromatic nitrogens is 1. The zero-order chi connectivity index (χ0) is 12.3. The number of rotatable bonds is 4. The van der Waals surface area contributed by atoms with Crippen LogP contribution in [0.4, 0.5) is 0 Å². The van der Waals surface area contributed by atoms with Gasteiger partial charge >= 0.3 is 0 Å². The fourth-order valence-corrected chi connectivity index (χ4v) is 2.73. The summed E-state index contributed by atoms with van der Waals surface area (Å²) in [4.78, 5) is 6.91. The number of morpholine rings is 1. The van der Waals surface area contributed by atoms with Gasteiger partial charge in [-0.2, -0.15) is 0 Å². The Morgan fingerprint density at radius 2 is 2.47 bits per heavy atom. The van der Waals surface area contributed by atoms with Crippen LogP contribution in [0.15, 0.2) is 5.38 Å². The van der Waals surface area contributed by atoms with Crippen LogP contribution in [0.5, 0.6) is 0 Å². The molecular weight excluding hydrogens is 236 g/mol. The first-order chi connectivity index (χ1) is 8.22. The molecule has 0 amide bonds. The number of thiazole rings is 1. The molecule has 0 aromatic carbocycles. The van der Waals surface area contributed by atoms with E-state index in [2.05, 4.69) is 29.1 Å². The van der Waals surface area contributed by atoms with Crippen LogP contribution in [-0.2, 0) is 17.7 Å². The lowest BCUT2D eigenvalue weighted by Crippen LogP contribution is -2.48. The van der Waals surface area contributed by atoms with Crippen LogP contribution in [0, 0.1) is 0 Å². The molecule has 0 saturated carbocycles. The summed E-state index contributed by atoms with van der Waals surface area (Å²) in [5.41, 5.74) is 1.14. The fourth-order valence-electron chi connectivity index (χ4n) is 2.00. The Morgan fingerprint density at radius 3 is 3.12 bits per heavy atom. The van der Waals surface area contributed by atoms with Crippen molar-refractivity contribution >= 4 is 11.3 Å². The molecule has 5 heteroatoms. The standard InChI is InChI=1S/C12H20N2O2S/c1-3-12-13-10(8-17-12)4-14-5-11(6-15)16-7-9(14)2/h8-9,11,15H,3-7H2,1-2H3. The third kappa shape index (κ3) is 3.25. The van der Waals surface area contributed by atoms with Crippen LogP contribution < -0.4 is 0 Å². The molecule has 4 nitrogen and oxygen atoms in total. The van der Waals surface area contributed by atoms with Crippen molar-refractivity contribution < 1.29 is 9.84 Å². The zero-order valence-electron chi connectivity index (χ0n) is 10.4. The highest BCUT2D eigenvalue weighted by atomic mass is 32.1. The molecule has 2 atom stereocenters. The van der Waals surface area contributed by atoms with Crippen molar-refractivity contribution in [2.45, 2.75) is 39.0 Å². The normalized spacial score (nSPS) is 26.3. The van der Waals surface area contributed by atoms with E-state index in [0.717, 1.165) is 25.2 Å². The molecule has 1 aliphatic heterocycles. The van der Waals surface area contributed by atoms with E-state index in [1.54, 1.807) is 11.3 Å². The summed E-state index contributed by atoms with van der Waals surface area (Å²) in [7, 11) is 0. The molecule has 0 spiro atoms. The second-order valence-electron chi connectivity index (χ2n) is 4.50. The molecule has 0 bridgehead atoms. The van der Waals surface area contributed by atoms with Gasteiger partial charge < -0.3 is 9.84 Å². The van der Waals surface area contributed by atoms with Crippen molar-refractivity contribution in [2.75, 3.05) is 19.8 Å². The highest BCUT2D eigenvalue weighted by Gasteiger charge is 2.25. The van der Waals surface area contributed by atoms with Crippen LogP contribution in [0.3, 0.4) is 0 Å². The molecule has 96 valence electrons. The number of aliphatic hydroxyl groups is 1. The lowest BCUT2D eigenvalue weighted by Gasteiger charge is -2.36. The highest BCUT2D eigenvalue weighted by Crippen LogP contribution is 2.17. The monoisotopic (exact) mass is 256 g/mol. The Labute approximate surface area is 106 Å². The predicted octanol–water partition coefficient (Wildman–Crippen LogP) is 1.29. The number of hydrogen-bond acceptors (Lipinski definition) is 5. The fraction of sp³-hybridized carbons (Fsp3) is 0.750. The molecular formula is C12H20N2O2S. The largest absolute Gasteiger partial charge is 0.394 e. The Bertz CT molecular complexity index is 356. The smallest absolute Gasteiger partial charge is 0.0933 e. The lowest BCUT2D eigenvalue weighted by atomic mass is 10.2. The Kier molecular flexibility index (Phi) is 4.50. The predicted molar refractivity (Wildman–Crippen MR) is 68.2 cm³/mol. The average molecular weight is 256 g/mol. The van der Waals surface area contributed by atoms with E-state index in [1.807, 2.05) is 0 Å². The Balaban J connectivity index is 1.96. The molecule has 1 fully saturated rings. The van der Waals surface area contributed by atoms with Crippen molar-refractivity contribution in [2.24, 2.45) is 0 Å². The van der Waals surface area contributed by atoms with Crippen molar-refractivity contribution in [1.29, 1.82) is 0 Å². The number of ether oxygens (including phenoxy) is 1. The topological polar surface area (TPSA) is 45.6 Å². The van der Waals surface area contributed by atoms with Crippen molar-refractivity contribution in [3.8, 4) is 0 Å². The number of aliphatic hydroxyl groups excluding tert-OH is 1. The third-order valence-electron chi connectivity index (χ3n) is 3.11. The average Bonchev–Trinajstić information content (AvgIpc) is 2.80. The molecule has 0 radical (unpaired) electrons. The van der Waals surface area contributed by atoms with Gasteiger partial charge in [0.15, 0.2) is 0 Å². The molecule has 2 unspecified atom stereocenters. The molecule has 2 heterocycles. The van der Waals surface area contributed by atoms with Gasteiger partial charge in [-0.15, -0.1) is 11.3 Å². The van der Waals surface area contributed by atoms with E-state index in [4.69, 9.17) is 9.84 Å². The van der Waals surface area contributed by atoms with Crippen LogP contribution in [0.2, 0.25) is 0 Å². The molecule has 1 aliphatic rings. The summed E-state index contributed by atoms with van der Waals surface area (Å²) in [5, 5.41) is 12.5. The summed E-state index contributed by atoms with van der Waals surface area (Å²) in [5.74, 6) is 0. The Morgan fingerprint density at radius 1 is 1.65 bits per heavy atom. The first kappa shape index (κ1) is 13.0. The minimum Gasteiger partial charge on any atom is -0.394 e. The van der Waals surface area contributed by atoms with Gasteiger partial charge in [0.25, 0.3) is 0 Å². The van der Waals surface area contributed by atoms with Crippen LogP contribution in [0.1, 0.15) is 24.5 Å². The molecule has 1 aromatic heterocycles. The van der Waals surface area contributed by atoms with Gasteiger partial charge in [0.2, 0.25) is 0 Å². The summed E-state index contributed by atoms with van der Waals surface area (Å²) < 4.78 is 5.52. The first-order valence-corrected chi connectivity index (χ1v) is 7.00. The molecule has 1 aromatic rings. The van der Waals surface area contributed by atoms with Gasteiger partial charge in [0.05, 0.1) is 30.0 Å². The first-order valence-electron chi connectivity index (χ1n) is 6.12. The minimum absolute atomic E-state index is 0.0459. The summed E-state index contributed by atoms with van der Waals surface area (Å²) >= 11 is 1.73. The van der Waals surface area contributed by atoms with E-state index >= 15 is 0 Å². The van der Waals surface area contributed by atoms with E-state index in [9.17, 15) is 0 Å². The van der Waals surface area contributed by atoms with Gasteiger partial charge in [-0.3, -0.25) is 4.90 Å². The second-order valence-corrected chi connectivity index (χ2v) is 5.45. The molecule has 1 N–H and O–H groups in total. The van der Waals surface area contributed by atoms with E-state index < -0.39 is 0 Å². The van der Waals surface area contributed by atoms with E-state index in [1.165, 1.54) is 5.01 Å². The van der Waals surface area contributed by atoms with Crippen LogP contribution >= 0.6 is 11.3 Å². The van der Waals surface area contributed by atoms with Gasteiger partial charge in [-0.05, 0) is 13.3 Å². The van der Waals surface area contributed by atoms with Gasteiger partial charge in [0, 0.05) is 24.5 Å². The highest BCUT2D eigenvalue weighted by molar-refractivity contribution is 7.09. The summed E-state index contributed by atoms with van der Waals surface area (Å²) in [6, 6.07) is 0.393. The lowest BCUT2D eigenvalue weighted by molar-refractivity contribution is -0.0808. The van der Waals surface area contributed by atoms with Crippen molar-refractivity contribution in [1.82, 2.24) is 9.88 Å². The number of aryl methyl sites for hydroxylation is 1. The van der Waals surface area contributed by atoms with E-state index in [-0.39, 0.29) is 12.7 Å². The SMILES string of the molecule is CCc1nc(CN2CC(CO)OCC2C)cs1. The third-order valence-corrected chi connectivity index (χ3v) is 4.15. The Hall–Kier alpha value is -0.490. The van der Waals surface area contributed by atoms with Gasteiger partial charge in [-0.1, -0.05) is 6.92 Å². The summed E-state index contributed by atoms with van der Waals surface area (Å²) in [6.07, 6.45) is 0.957. The minimum atomic E-state index is -0.0459. The quantitative estimate of drug-likeness (QED) is 0.881. The molecule has 17 heavy (non-hydrogen) atoms. The number of nitrogens with zero attached hydrogens (tertiary/aromatic N) is 2. The second kappa shape index (κ2) is 5.91. The van der Waals surface area contributed by atoms with E-state index in [0.29, 0.717) is 12.6 Å². The summed E-state index contributed by atoms with van der Waals surface area (Å²) in [6.45, 7) is 6.72. The number of hydrogen-bond donors (Lipinski definition) is 1.